The van der Waals surface area contributed by atoms with Crippen molar-refractivity contribution >= 4 is 5.91 Å². The van der Waals surface area contributed by atoms with E-state index < -0.39 is 5.54 Å². The molecule has 1 amide bonds. The second-order valence-corrected chi connectivity index (χ2v) is 5.09. The summed E-state index contributed by atoms with van der Waals surface area (Å²) in [6.45, 7) is 4.34. The summed E-state index contributed by atoms with van der Waals surface area (Å²) in [6.07, 6.45) is 2.29. The highest BCUT2D eigenvalue weighted by Crippen LogP contribution is 2.22. The topological polar surface area (TPSA) is 73.6 Å². The Morgan fingerprint density at radius 1 is 1.19 bits per heavy atom. The monoisotopic (exact) mass is 228 g/mol. The third-order valence-electron chi connectivity index (χ3n) is 3.52. The van der Waals surface area contributed by atoms with Crippen LogP contribution in [0.5, 0.6) is 0 Å². The number of hydrogen-bond donors (Lipinski definition) is 2. The number of nitrogens with one attached hydrogen (secondary N) is 1. The summed E-state index contributed by atoms with van der Waals surface area (Å²) in [6, 6.07) is 0. The van der Waals surface area contributed by atoms with Gasteiger partial charge in [0.15, 0.2) is 0 Å². The van der Waals surface area contributed by atoms with Crippen LogP contribution in [-0.2, 0) is 14.3 Å². The van der Waals surface area contributed by atoms with Crippen molar-refractivity contribution in [2.45, 2.75) is 37.3 Å². The molecule has 16 heavy (non-hydrogen) atoms. The van der Waals surface area contributed by atoms with Crippen molar-refractivity contribution in [1.29, 1.82) is 0 Å². The van der Waals surface area contributed by atoms with Gasteiger partial charge < -0.3 is 20.5 Å². The molecular weight excluding hydrogens is 208 g/mol. The van der Waals surface area contributed by atoms with Gasteiger partial charge in [0.05, 0.1) is 6.61 Å². The lowest BCUT2D eigenvalue weighted by atomic mass is 9.90. The Bertz CT molecular complexity index is 268. The number of carbonyl (C=O) groups excluding carboxylic acids is 1. The van der Waals surface area contributed by atoms with Crippen LogP contribution in [-0.4, -0.2) is 43.4 Å². The molecule has 5 heteroatoms. The van der Waals surface area contributed by atoms with Gasteiger partial charge in [0.2, 0.25) is 5.91 Å². The van der Waals surface area contributed by atoms with Crippen molar-refractivity contribution < 1.29 is 14.3 Å². The molecule has 0 radical (unpaired) electrons. The first-order valence-corrected chi connectivity index (χ1v) is 5.81. The van der Waals surface area contributed by atoms with Gasteiger partial charge in [-0.25, -0.2) is 0 Å². The maximum atomic E-state index is 12.1. The molecule has 1 unspecified atom stereocenters. The molecule has 0 spiro atoms. The first-order valence-electron chi connectivity index (χ1n) is 5.81. The van der Waals surface area contributed by atoms with E-state index in [2.05, 4.69) is 5.32 Å². The lowest BCUT2D eigenvalue weighted by Gasteiger charge is -2.36. The Balaban J connectivity index is 1.95. The molecule has 0 aromatic heterocycles. The minimum Gasteiger partial charge on any atom is -0.381 e. The molecule has 2 aliphatic heterocycles. The molecule has 0 saturated carbocycles. The van der Waals surface area contributed by atoms with Gasteiger partial charge in [0.25, 0.3) is 0 Å². The summed E-state index contributed by atoms with van der Waals surface area (Å²) in [4.78, 5) is 12.1. The van der Waals surface area contributed by atoms with Crippen LogP contribution in [0, 0.1) is 0 Å². The SMILES string of the molecule is CC1(NC(=O)C2(N)CCOC2)CCOCC1. The second kappa shape index (κ2) is 4.31. The van der Waals surface area contributed by atoms with Crippen LogP contribution in [0.3, 0.4) is 0 Å². The Morgan fingerprint density at radius 3 is 2.38 bits per heavy atom. The highest BCUT2D eigenvalue weighted by Gasteiger charge is 2.41. The van der Waals surface area contributed by atoms with Gasteiger partial charge in [0.1, 0.15) is 5.54 Å². The average molecular weight is 228 g/mol. The molecule has 0 bridgehead atoms. The van der Waals surface area contributed by atoms with Crippen molar-refractivity contribution in [3.05, 3.63) is 0 Å². The first-order chi connectivity index (χ1) is 7.54. The van der Waals surface area contributed by atoms with Crippen LogP contribution >= 0.6 is 0 Å². The van der Waals surface area contributed by atoms with Crippen molar-refractivity contribution in [1.82, 2.24) is 5.32 Å². The molecule has 2 fully saturated rings. The number of rotatable bonds is 2. The number of nitrogens with two attached hydrogens (primary N) is 1. The fourth-order valence-electron chi connectivity index (χ4n) is 2.11. The van der Waals surface area contributed by atoms with E-state index in [9.17, 15) is 4.79 Å². The summed E-state index contributed by atoms with van der Waals surface area (Å²) in [7, 11) is 0. The summed E-state index contributed by atoms with van der Waals surface area (Å²) in [5.41, 5.74) is 5.00. The maximum absolute atomic E-state index is 12.1. The number of carbonyl (C=O) groups is 1. The van der Waals surface area contributed by atoms with E-state index >= 15 is 0 Å². The molecule has 3 N–H and O–H groups in total. The van der Waals surface area contributed by atoms with Gasteiger partial charge in [0, 0.05) is 25.4 Å². The lowest BCUT2D eigenvalue weighted by Crippen LogP contribution is -2.61. The largest absolute Gasteiger partial charge is 0.381 e. The van der Waals surface area contributed by atoms with Gasteiger partial charge in [-0.05, 0) is 26.2 Å². The van der Waals surface area contributed by atoms with E-state index in [0.29, 0.717) is 32.8 Å². The van der Waals surface area contributed by atoms with Crippen molar-refractivity contribution in [3.63, 3.8) is 0 Å². The van der Waals surface area contributed by atoms with Gasteiger partial charge in [-0.1, -0.05) is 0 Å². The van der Waals surface area contributed by atoms with Crippen molar-refractivity contribution in [2.75, 3.05) is 26.4 Å². The summed E-state index contributed by atoms with van der Waals surface area (Å²) < 4.78 is 10.5. The fourth-order valence-corrected chi connectivity index (χ4v) is 2.11. The Kier molecular flexibility index (Phi) is 3.19. The molecule has 0 aromatic rings. The number of amides is 1. The molecule has 1 atom stereocenters. The molecule has 2 rings (SSSR count). The van der Waals surface area contributed by atoms with E-state index in [1.54, 1.807) is 0 Å². The molecular formula is C11H20N2O3. The van der Waals surface area contributed by atoms with E-state index in [0.717, 1.165) is 12.8 Å². The van der Waals surface area contributed by atoms with Crippen molar-refractivity contribution in [2.24, 2.45) is 5.73 Å². The van der Waals surface area contributed by atoms with Gasteiger partial charge in [-0.2, -0.15) is 0 Å². The predicted molar refractivity (Wildman–Crippen MR) is 59.0 cm³/mol. The smallest absolute Gasteiger partial charge is 0.242 e. The second-order valence-electron chi connectivity index (χ2n) is 5.09. The minimum atomic E-state index is -0.832. The van der Waals surface area contributed by atoms with E-state index in [1.807, 2.05) is 6.92 Å². The Hall–Kier alpha value is -0.650. The van der Waals surface area contributed by atoms with Crippen LogP contribution in [0.4, 0.5) is 0 Å². The molecule has 92 valence electrons. The average Bonchev–Trinajstić information content (AvgIpc) is 2.67. The predicted octanol–water partition coefficient (Wildman–Crippen LogP) is -0.211. The summed E-state index contributed by atoms with van der Waals surface area (Å²) in [5.74, 6) is -0.0885. The maximum Gasteiger partial charge on any atom is 0.242 e. The first kappa shape index (κ1) is 11.8. The van der Waals surface area contributed by atoms with Crippen LogP contribution in [0.25, 0.3) is 0 Å². The van der Waals surface area contributed by atoms with Crippen molar-refractivity contribution in [3.8, 4) is 0 Å². The standard InChI is InChI=1S/C11H20N2O3/c1-10(2-5-15-6-3-10)13-9(14)11(12)4-7-16-8-11/h2-8,12H2,1H3,(H,13,14). The third kappa shape index (κ3) is 2.36. The normalized spacial score (nSPS) is 33.6. The zero-order chi connectivity index (χ0) is 11.6. The zero-order valence-corrected chi connectivity index (χ0v) is 9.75. The minimum absolute atomic E-state index is 0.0885. The third-order valence-corrected chi connectivity index (χ3v) is 3.52. The van der Waals surface area contributed by atoms with Crippen LogP contribution < -0.4 is 11.1 Å². The Labute approximate surface area is 95.7 Å². The highest BCUT2D eigenvalue weighted by atomic mass is 16.5. The summed E-state index contributed by atoms with van der Waals surface area (Å²) >= 11 is 0. The number of ether oxygens (including phenoxy) is 2. The lowest BCUT2D eigenvalue weighted by molar-refractivity contribution is -0.129. The molecule has 5 nitrogen and oxygen atoms in total. The molecule has 2 heterocycles. The Morgan fingerprint density at radius 2 is 1.81 bits per heavy atom. The molecule has 0 aliphatic carbocycles. The van der Waals surface area contributed by atoms with Crippen LogP contribution in [0.2, 0.25) is 0 Å². The van der Waals surface area contributed by atoms with Gasteiger partial charge in [-0.3, -0.25) is 4.79 Å². The molecule has 0 aromatic carbocycles. The van der Waals surface area contributed by atoms with Gasteiger partial charge >= 0.3 is 0 Å². The van der Waals surface area contributed by atoms with E-state index in [-0.39, 0.29) is 11.4 Å². The van der Waals surface area contributed by atoms with E-state index in [1.165, 1.54) is 0 Å². The molecule has 2 saturated heterocycles. The quantitative estimate of drug-likeness (QED) is 0.686. The fraction of sp³-hybridized carbons (Fsp3) is 0.909. The summed E-state index contributed by atoms with van der Waals surface area (Å²) in [5, 5.41) is 3.05. The highest BCUT2D eigenvalue weighted by molar-refractivity contribution is 5.87. The zero-order valence-electron chi connectivity index (χ0n) is 9.75. The number of hydrogen-bond acceptors (Lipinski definition) is 4. The van der Waals surface area contributed by atoms with E-state index in [4.69, 9.17) is 15.2 Å². The van der Waals surface area contributed by atoms with Crippen LogP contribution in [0.15, 0.2) is 0 Å². The molecule has 2 aliphatic rings. The van der Waals surface area contributed by atoms with Gasteiger partial charge in [-0.15, -0.1) is 0 Å². The van der Waals surface area contributed by atoms with Crippen LogP contribution in [0.1, 0.15) is 26.2 Å².